The first-order chi connectivity index (χ1) is 10.3. The molecule has 2 atom stereocenters. The molecular weight excluding hydrogens is 280 g/mol. The predicted octanol–water partition coefficient (Wildman–Crippen LogP) is 4.32. The summed E-state index contributed by atoms with van der Waals surface area (Å²) in [6.45, 7) is 5.28. The molecule has 0 radical (unpaired) electrons. The Balaban J connectivity index is 1.99. The van der Waals surface area contributed by atoms with Crippen molar-refractivity contribution in [2.24, 2.45) is 0 Å². The van der Waals surface area contributed by atoms with Gasteiger partial charge in [0, 0.05) is 6.54 Å². The van der Waals surface area contributed by atoms with Gasteiger partial charge in [0.1, 0.15) is 6.17 Å². The van der Waals surface area contributed by atoms with Crippen molar-refractivity contribution in [2.45, 2.75) is 71.0 Å². The van der Waals surface area contributed by atoms with Crippen LogP contribution in [0.4, 0.5) is 0 Å². The van der Waals surface area contributed by atoms with Gasteiger partial charge in [-0.25, -0.2) is 0 Å². The van der Waals surface area contributed by atoms with Gasteiger partial charge in [-0.15, -0.1) is 0 Å². The van der Waals surface area contributed by atoms with Crippen LogP contribution in [-0.2, 0) is 4.79 Å². The molecule has 3 nitrogen and oxygen atoms in total. The van der Waals surface area contributed by atoms with E-state index in [4.69, 9.17) is 0 Å². The maximum absolute atomic E-state index is 12.6. The van der Waals surface area contributed by atoms with Crippen LogP contribution in [0.25, 0.3) is 0 Å². The zero-order valence-electron chi connectivity index (χ0n) is 13.3. The minimum atomic E-state index is 0.0148. The Hall–Kier alpha value is -0.870. The molecule has 0 aliphatic carbocycles. The third kappa shape index (κ3) is 4.30. The number of nitrogens with one attached hydrogen (secondary N) is 1. The molecule has 118 valence electrons. The zero-order chi connectivity index (χ0) is 15.1. The van der Waals surface area contributed by atoms with Crippen LogP contribution in [0, 0.1) is 0 Å². The van der Waals surface area contributed by atoms with Crippen LogP contribution < -0.4 is 5.32 Å². The molecule has 1 aromatic rings. The third-order valence-corrected chi connectivity index (χ3v) is 4.91. The van der Waals surface area contributed by atoms with Gasteiger partial charge in [-0.05, 0) is 35.2 Å². The van der Waals surface area contributed by atoms with Crippen LogP contribution in [0.3, 0.4) is 0 Å². The first kappa shape index (κ1) is 16.5. The van der Waals surface area contributed by atoms with Gasteiger partial charge in [0.05, 0.1) is 6.04 Å². The molecule has 2 rings (SSSR count). The van der Waals surface area contributed by atoms with E-state index < -0.39 is 0 Å². The summed E-state index contributed by atoms with van der Waals surface area (Å²) in [6.07, 6.45) is 8.14. The highest BCUT2D eigenvalue weighted by molar-refractivity contribution is 7.07. The molecular formula is C17H28N2OS. The predicted molar refractivity (Wildman–Crippen MR) is 89.4 cm³/mol. The Morgan fingerprint density at radius 2 is 2.00 bits per heavy atom. The van der Waals surface area contributed by atoms with Crippen molar-refractivity contribution in [1.82, 2.24) is 10.2 Å². The monoisotopic (exact) mass is 308 g/mol. The van der Waals surface area contributed by atoms with E-state index in [0.29, 0.717) is 5.91 Å². The Labute approximate surface area is 132 Å². The number of nitrogens with zero attached hydrogens (tertiary/aromatic N) is 1. The second kappa shape index (κ2) is 8.54. The number of unbranched alkanes of at least 4 members (excludes halogenated alkanes) is 4. The highest BCUT2D eigenvalue weighted by atomic mass is 32.1. The van der Waals surface area contributed by atoms with Gasteiger partial charge < -0.3 is 4.90 Å². The summed E-state index contributed by atoms with van der Waals surface area (Å²) in [7, 11) is 0. The van der Waals surface area contributed by atoms with Gasteiger partial charge in [0.25, 0.3) is 0 Å². The summed E-state index contributed by atoms with van der Waals surface area (Å²) < 4.78 is 0. The molecule has 0 saturated carbocycles. The van der Waals surface area contributed by atoms with E-state index >= 15 is 0 Å². The molecule has 0 bridgehead atoms. The number of hydrogen-bond acceptors (Lipinski definition) is 3. The summed E-state index contributed by atoms with van der Waals surface area (Å²) in [4.78, 5) is 14.7. The van der Waals surface area contributed by atoms with Gasteiger partial charge in [-0.2, -0.15) is 11.3 Å². The summed E-state index contributed by atoms with van der Waals surface area (Å²) in [5.74, 6) is 0.302. The zero-order valence-corrected chi connectivity index (χ0v) is 14.1. The molecule has 1 aliphatic heterocycles. The van der Waals surface area contributed by atoms with E-state index in [0.717, 1.165) is 32.2 Å². The lowest BCUT2D eigenvalue weighted by Gasteiger charge is -2.23. The van der Waals surface area contributed by atoms with Crippen LogP contribution in [0.15, 0.2) is 16.8 Å². The van der Waals surface area contributed by atoms with E-state index in [1.807, 2.05) is 0 Å². The Morgan fingerprint density at radius 3 is 2.67 bits per heavy atom. The molecule has 2 unspecified atom stereocenters. The standard InChI is InChI=1S/C17H28N2OS/c1-3-5-7-8-11-19-16(14-10-12-21-13-14)18-15(17(19)20)9-6-4-2/h10,12-13,15-16,18H,3-9,11H2,1-2H3. The highest BCUT2D eigenvalue weighted by Gasteiger charge is 2.38. The SMILES string of the molecule is CCCCCCN1C(=O)C(CCCC)NC1c1ccsc1. The molecule has 0 spiro atoms. The fourth-order valence-corrected chi connectivity index (χ4v) is 3.63. The Kier molecular flexibility index (Phi) is 6.71. The number of thiophene rings is 1. The van der Waals surface area contributed by atoms with Gasteiger partial charge in [-0.1, -0.05) is 46.0 Å². The van der Waals surface area contributed by atoms with Crippen molar-refractivity contribution in [3.8, 4) is 0 Å². The van der Waals surface area contributed by atoms with Gasteiger partial charge in [0.15, 0.2) is 0 Å². The summed E-state index contributed by atoms with van der Waals surface area (Å²) in [5, 5.41) is 7.80. The average molecular weight is 308 g/mol. The lowest BCUT2D eigenvalue weighted by Crippen LogP contribution is -2.32. The van der Waals surface area contributed by atoms with Crippen molar-refractivity contribution in [3.63, 3.8) is 0 Å². The molecule has 1 N–H and O–H groups in total. The topological polar surface area (TPSA) is 32.3 Å². The molecule has 1 aromatic heterocycles. The molecule has 1 saturated heterocycles. The molecule has 1 amide bonds. The summed E-state index contributed by atoms with van der Waals surface area (Å²) in [5.41, 5.74) is 1.24. The maximum Gasteiger partial charge on any atom is 0.241 e. The maximum atomic E-state index is 12.6. The first-order valence-electron chi connectivity index (χ1n) is 8.36. The highest BCUT2D eigenvalue weighted by Crippen LogP contribution is 2.29. The van der Waals surface area contributed by atoms with E-state index in [1.165, 1.54) is 24.8 Å². The molecule has 4 heteroatoms. The third-order valence-electron chi connectivity index (χ3n) is 4.21. The van der Waals surface area contributed by atoms with Crippen LogP contribution in [0.2, 0.25) is 0 Å². The van der Waals surface area contributed by atoms with Crippen molar-refractivity contribution in [2.75, 3.05) is 6.54 Å². The van der Waals surface area contributed by atoms with Crippen LogP contribution in [-0.4, -0.2) is 23.4 Å². The lowest BCUT2D eigenvalue weighted by molar-refractivity contribution is -0.130. The number of carbonyl (C=O) groups excluding carboxylic acids is 1. The smallest absolute Gasteiger partial charge is 0.241 e. The van der Waals surface area contributed by atoms with E-state index in [9.17, 15) is 4.79 Å². The molecule has 2 heterocycles. The first-order valence-corrected chi connectivity index (χ1v) is 9.30. The van der Waals surface area contributed by atoms with Gasteiger partial charge >= 0.3 is 0 Å². The van der Waals surface area contributed by atoms with Crippen LogP contribution in [0.5, 0.6) is 0 Å². The quantitative estimate of drug-likeness (QED) is 0.689. The minimum Gasteiger partial charge on any atom is -0.322 e. The fraction of sp³-hybridized carbons (Fsp3) is 0.706. The van der Waals surface area contributed by atoms with Gasteiger partial charge in [-0.3, -0.25) is 10.1 Å². The van der Waals surface area contributed by atoms with Crippen molar-refractivity contribution in [3.05, 3.63) is 22.4 Å². The Morgan fingerprint density at radius 1 is 1.19 bits per heavy atom. The molecule has 1 fully saturated rings. The van der Waals surface area contributed by atoms with Crippen molar-refractivity contribution < 1.29 is 4.79 Å². The normalized spacial score (nSPS) is 22.2. The number of hydrogen-bond donors (Lipinski definition) is 1. The van der Waals surface area contributed by atoms with E-state index in [-0.39, 0.29) is 12.2 Å². The van der Waals surface area contributed by atoms with Crippen molar-refractivity contribution >= 4 is 17.2 Å². The minimum absolute atomic E-state index is 0.0148. The van der Waals surface area contributed by atoms with E-state index in [2.05, 4.69) is 40.9 Å². The fourth-order valence-electron chi connectivity index (χ4n) is 2.95. The Bertz CT molecular complexity index is 418. The summed E-state index contributed by atoms with van der Waals surface area (Å²) >= 11 is 1.70. The van der Waals surface area contributed by atoms with Crippen LogP contribution >= 0.6 is 11.3 Å². The number of carbonyl (C=O) groups is 1. The number of rotatable bonds is 9. The largest absolute Gasteiger partial charge is 0.322 e. The number of amides is 1. The van der Waals surface area contributed by atoms with Gasteiger partial charge in [0.2, 0.25) is 5.91 Å². The lowest BCUT2D eigenvalue weighted by atomic mass is 10.1. The second-order valence-electron chi connectivity index (χ2n) is 5.91. The average Bonchev–Trinajstić information content (AvgIpc) is 3.11. The molecule has 21 heavy (non-hydrogen) atoms. The second-order valence-corrected chi connectivity index (χ2v) is 6.69. The molecule has 0 aromatic carbocycles. The summed E-state index contributed by atoms with van der Waals surface area (Å²) in [6, 6.07) is 2.15. The molecule has 1 aliphatic rings. The van der Waals surface area contributed by atoms with E-state index in [1.54, 1.807) is 11.3 Å². The van der Waals surface area contributed by atoms with Crippen LogP contribution in [0.1, 0.15) is 70.5 Å². The van der Waals surface area contributed by atoms with Crippen molar-refractivity contribution in [1.29, 1.82) is 0 Å².